The highest BCUT2D eigenvalue weighted by Gasteiger charge is 2.21. The molecule has 1 amide bonds. The summed E-state index contributed by atoms with van der Waals surface area (Å²) in [6, 6.07) is 0. The maximum absolute atomic E-state index is 12.3. The third-order valence-electron chi connectivity index (χ3n) is 6.05. The van der Waals surface area contributed by atoms with Gasteiger partial charge in [0.2, 0.25) is 5.91 Å². The van der Waals surface area contributed by atoms with Crippen LogP contribution in [0.15, 0.2) is 11.4 Å². The van der Waals surface area contributed by atoms with Crippen molar-refractivity contribution in [3.8, 4) is 0 Å². The van der Waals surface area contributed by atoms with Gasteiger partial charge in [-0.05, 0) is 38.0 Å². The molecule has 0 unspecified atom stereocenters. The fourth-order valence-corrected chi connectivity index (χ4v) is 5.24. The predicted molar refractivity (Wildman–Crippen MR) is 122 cm³/mol. The van der Waals surface area contributed by atoms with Gasteiger partial charge in [0.1, 0.15) is 5.82 Å². The van der Waals surface area contributed by atoms with Crippen molar-refractivity contribution >= 4 is 34.5 Å². The van der Waals surface area contributed by atoms with Gasteiger partial charge in [0.05, 0.1) is 18.1 Å². The second-order valence-corrected chi connectivity index (χ2v) is 10.4. The molecular formula is C22H34N6OS. The van der Waals surface area contributed by atoms with Crippen LogP contribution in [-0.4, -0.2) is 50.5 Å². The van der Waals surface area contributed by atoms with Crippen LogP contribution in [0.25, 0.3) is 11.0 Å². The van der Waals surface area contributed by atoms with Crippen LogP contribution in [0, 0.1) is 5.92 Å². The summed E-state index contributed by atoms with van der Waals surface area (Å²) in [5, 5.41) is 9.92. The molecule has 4 rings (SSSR count). The first kappa shape index (κ1) is 21.4. The largest absolute Gasteiger partial charge is 0.356 e. The molecular weight excluding hydrogens is 396 g/mol. The molecule has 0 atom stereocenters. The van der Waals surface area contributed by atoms with E-state index >= 15 is 0 Å². The van der Waals surface area contributed by atoms with Crippen molar-refractivity contribution in [2.75, 3.05) is 24.5 Å². The summed E-state index contributed by atoms with van der Waals surface area (Å²) in [5.41, 5.74) is 0.874. The van der Waals surface area contributed by atoms with Gasteiger partial charge in [0.15, 0.2) is 10.8 Å². The van der Waals surface area contributed by atoms with Gasteiger partial charge in [0.25, 0.3) is 0 Å². The standard InChI is InChI=1S/C22H34N6OS/c1-16(2)30-22-25-20(27-11-6-3-7-12-27)18-15-24-28(21(18)26-22)13-10-23-19(29)14-17-8-4-5-9-17/h15-17H,3-14H2,1-2H3,(H,23,29). The highest BCUT2D eigenvalue weighted by molar-refractivity contribution is 7.99. The van der Waals surface area contributed by atoms with Gasteiger partial charge in [-0.15, -0.1) is 0 Å². The minimum Gasteiger partial charge on any atom is -0.356 e. The van der Waals surface area contributed by atoms with Crippen LogP contribution < -0.4 is 10.2 Å². The molecule has 30 heavy (non-hydrogen) atoms. The van der Waals surface area contributed by atoms with Crippen LogP contribution in [0.4, 0.5) is 5.82 Å². The summed E-state index contributed by atoms with van der Waals surface area (Å²) in [6.07, 6.45) is 11.2. The highest BCUT2D eigenvalue weighted by atomic mass is 32.2. The molecule has 0 aromatic carbocycles. The summed E-state index contributed by atoms with van der Waals surface area (Å²) >= 11 is 1.69. The van der Waals surface area contributed by atoms with E-state index < -0.39 is 0 Å². The van der Waals surface area contributed by atoms with Crippen LogP contribution in [-0.2, 0) is 11.3 Å². The number of aromatic nitrogens is 4. The Kier molecular flexibility index (Phi) is 7.12. The molecule has 2 aliphatic rings. The average molecular weight is 431 g/mol. The number of hydrogen-bond acceptors (Lipinski definition) is 6. The monoisotopic (exact) mass is 430 g/mol. The van der Waals surface area contributed by atoms with Gasteiger partial charge in [-0.25, -0.2) is 14.6 Å². The SMILES string of the molecule is CC(C)Sc1nc(N2CCCCC2)c2cnn(CCNC(=O)CC3CCCC3)c2n1. The zero-order valence-electron chi connectivity index (χ0n) is 18.3. The quantitative estimate of drug-likeness (QED) is 0.504. The fraction of sp³-hybridized carbons (Fsp3) is 0.727. The molecule has 0 bridgehead atoms. The first-order valence-electron chi connectivity index (χ1n) is 11.5. The number of anilines is 1. The van der Waals surface area contributed by atoms with Gasteiger partial charge in [-0.3, -0.25) is 4.79 Å². The van der Waals surface area contributed by atoms with Gasteiger partial charge in [-0.1, -0.05) is 38.5 Å². The zero-order chi connectivity index (χ0) is 20.9. The minimum absolute atomic E-state index is 0.165. The molecule has 1 aliphatic heterocycles. The number of nitrogens with one attached hydrogen (secondary N) is 1. The van der Waals surface area contributed by atoms with Crippen LogP contribution in [0.1, 0.15) is 65.2 Å². The fourth-order valence-electron chi connectivity index (χ4n) is 4.54. The molecule has 0 radical (unpaired) electrons. The van der Waals surface area contributed by atoms with Crippen molar-refractivity contribution in [3.05, 3.63) is 6.20 Å². The van der Waals surface area contributed by atoms with Crippen LogP contribution in [0.5, 0.6) is 0 Å². The van der Waals surface area contributed by atoms with Gasteiger partial charge in [-0.2, -0.15) is 5.10 Å². The molecule has 164 valence electrons. The summed E-state index contributed by atoms with van der Waals surface area (Å²) < 4.78 is 1.92. The zero-order valence-corrected chi connectivity index (χ0v) is 19.1. The Hall–Kier alpha value is -1.83. The van der Waals surface area contributed by atoms with E-state index in [1.807, 2.05) is 10.9 Å². The second kappa shape index (κ2) is 9.98. The van der Waals surface area contributed by atoms with Gasteiger partial charge < -0.3 is 10.2 Å². The minimum atomic E-state index is 0.165. The second-order valence-electron chi connectivity index (χ2n) is 8.85. The Morgan fingerprint density at radius 3 is 2.67 bits per heavy atom. The van der Waals surface area contributed by atoms with E-state index in [4.69, 9.17) is 9.97 Å². The van der Waals surface area contributed by atoms with Crippen molar-refractivity contribution in [2.24, 2.45) is 5.92 Å². The Bertz CT molecular complexity index is 855. The molecule has 2 fully saturated rings. The number of nitrogens with zero attached hydrogens (tertiary/aromatic N) is 5. The first-order valence-corrected chi connectivity index (χ1v) is 12.4. The molecule has 7 nitrogen and oxygen atoms in total. The van der Waals surface area contributed by atoms with Crippen molar-refractivity contribution in [1.82, 2.24) is 25.1 Å². The molecule has 8 heteroatoms. The van der Waals surface area contributed by atoms with E-state index in [2.05, 4.69) is 29.2 Å². The topological polar surface area (TPSA) is 75.9 Å². The van der Waals surface area contributed by atoms with Crippen molar-refractivity contribution in [3.63, 3.8) is 0 Å². The Balaban J connectivity index is 1.48. The number of rotatable bonds is 8. The van der Waals surface area contributed by atoms with E-state index in [1.54, 1.807) is 11.8 Å². The number of amides is 1. The average Bonchev–Trinajstić information content (AvgIpc) is 3.38. The molecule has 1 N–H and O–H groups in total. The van der Waals surface area contributed by atoms with Crippen LogP contribution in [0.3, 0.4) is 0 Å². The lowest BCUT2D eigenvalue weighted by molar-refractivity contribution is -0.122. The van der Waals surface area contributed by atoms with Crippen LogP contribution in [0.2, 0.25) is 0 Å². The van der Waals surface area contributed by atoms with E-state index in [0.29, 0.717) is 30.7 Å². The molecule has 1 saturated heterocycles. The summed E-state index contributed by atoms with van der Waals surface area (Å²) in [6.45, 7) is 7.62. The molecule has 0 spiro atoms. The summed E-state index contributed by atoms with van der Waals surface area (Å²) in [7, 11) is 0. The number of thioether (sulfide) groups is 1. The van der Waals surface area contributed by atoms with E-state index in [9.17, 15) is 4.79 Å². The molecule has 2 aromatic rings. The van der Waals surface area contributed by atoms with Gasteiger partial charge in [0, 0.05) is 31.3 Å². The molecule has 2 aromatic heterocycles. The Labute approximate surface area is 183 Å². The lowest BCUT2D eigenvalue weighted by Gasteiger charge is -2.28. The molecule has 3 heterocycles. The molecule has 1 aliphatic carbocycles. The van der Waals surface area contributed by atoms with E-state index in [0.717, 1.165) is 35.1 Å². The van der Waals surface area contributed by atoms with E-state index in [-0.39, 0.29) is 5.91 Å². The van der Waals surface area contributed by atoms with Crippen LogP contribution >= 0.6 is 11.8 Å². The maximum Gasteiger partial charge on any atom is 0.220 e. The Morgan fingerprint density at radius 2 is 1.93 bits per heavy atom. The third kappa shape index (κ3) is 5.25. The lowest BCUT2D eigenvalue weighted by Crippen LogP contribution is -2.30. The number of carbonyl (C=O) groups is 1. The lowest BCUT2D eigenvalue weighted by atomic mass is 10.0. The maximum atomic E-state index is 12.3. The normalized spacial score (nSPS) is 17.9. The first-order chi connectivity index (χ1) is 14.6. The van der Waals surface area contributed by atoms with Crippen molar-refractivity contribution < 1.29 is 4.79 Å². The Morgan fingerprint density at radius 1 is 1.17 bits per heavy atom. The molecule has 1 saturated carbocycles. The van der Waals surface area contributed by atoms with Crippen molar-refractivity contribution in [1.29, 1.82) is 0 Å². The number of hydrogen-bond donors (Lipinski definition) is 1. The number of fused-ring (bicyclic) bond motifs is 1. The van der Waals surface area contributed by atoms with Gasteiger partial charge >= 0.3 is 0 Å². The number of piperidine rings is 1. The van der Waals surface area contributed by atoms with Crippen molar-refractivity contribution in [2.45, 2.75) is 82.2 Å². The predicted octanol–water partition coefficient (Wildman–Crippen LogP) is 4.01. The smallest absolute Gasteiger partial charge is 0.220 e. The third-order valence-corrected chi connectivity index (χ3v) is 6.91. The summed E-state index contributed by atoms with van der Waals surface area (Å²) in [4.78, 5) is 24.4. The van der Waals surface area contributed by atoms with E-state index in [1.165, 1.54) is 44.9 Å². The summed E-state index contributed by atoms with van der Waals surface area (Å²) in [5.74, 6) is 1.75. The number of carbonyl (C=O) groups excluding carboxylic acids is 1. The highest BCUT2D eigenvalue weighted by Crippen LogP contribution is 2.30.